The molecule has 1 aromatic heterocycles. The molecule has 2 aromatic rings. The molecule has 0 fully saturated rings. The summed E-state index contributed by atoms with van der Waals surface area (Å²) in [6, 6.07) is 7.50. The fraction of sp³-hybridized carbons (Fsp3) is 0.294. The first-order chi connectivity index (χ1) is 12.1. The van der Waals surface area contributed by atoms with Gasteiger partial charge < -0.3 is 4.90 Å². The van der Waals surface area contributed by atoms with E-state index in [0.29, 0.717) is 43.1 Å². The van der Waals surface area contributed by atoms with Crippen molar-refractivity contribution in [2.75, 3.05) is 6.54 Å². The summed E-state index contributed by atoms with van der Waals surface area (Å²) in [5, 5.41) is 12.0. The number of nitrogens with zero attached hydrogens (tertiary/aromatic N) is 3. The Balaban J connectivity index is 1.60. The molecule has 0 atom stereocenters. The van der Waals surface area contributed by atoms with E-state index in [4.69, 9.17) is 11.6 Å². The Bertz CT molecular complexity index is 889. The van der Waals surface area contributed by atoms with E-state index in [1.807, 2.05) is 24.3 Å². The predicted octanol–water partition coefficient (Wildman–Crippen LogP) is 1.88. The first kappa shape index (κ1) is 15.8. The quantitative estimate of drug-likeness (QED) is 0.859. The summed E-state index contributed by atoms with van der Waals surface area (Å²) in [5.74, 6) is -0.292. The number of nitrogens with one attached hydrogen (secondary N) is 2. The van der Waals surface area contributed by atoms with Crippen LogP contribution in [0, 0.1) is 0 Å². The first-order valence-electron chi connectivity index (χ1n) is 8.08. The van der Waals surface area contributed by atoms with E-state index in [9.17, 15) is 9.59 Å². The monoisotopic (exact) mass is 357 g/mol. The zero-order valence-corrected chi connectivity index (χ0v) is 14.1. The Morgan fingerprint density at radius 3 is 2.88 bits per heavy atom. The highest BCUT2D eigenvalue weighted by Crippen LogP contribution is 2.30. The third-order valence-corrected chi connectivity index (χ3v) is 4.71. The van der Waals surface area contributed by atoms with Crippen molar-refractivity contribution in [2.45, 2.75) is 25.8 Å². The topological polar surface area (TPSA) is 90.5 Å². The van der Waals surface area contributed by atoms with Crippen LogP contribution in [-0.2, 0) is 22.6 Å². The summed E-state index contributed by atoms with van der Waals surface area (Å²) in [6.07, 6.45) is 1.37. The molecule has 3 heterocycles. The summed E-state index contributed by atoms with van der Waals surface area (Å²) in [4.78, 5) is 25.6. The van der Waals surface area contributed by atoms with Gasteiger partial charge in [0.2, 0.25) is 5.91 Å². The molecule has 8 heteroatoms. The fourth-order valence-corrected chi connectivity index (χ4v) is 3.34. The van der Waals surface area contributed by atoms with Gasteiger partial charge in [0.1, 0.15) is 5.71 Å². The molecule has 2 amide bonds. The predicted molar refractivity (Wildman–Crippen MR) is 93.0 cm³/mol. The van der Waals surface area contributed by atoms with E-state index >= 15 is 0 Å². The van der Waals surface area contributed by atoms with Gasteiger partial charge in [-0.15, -0.1) is 0 Å². The van der Waals surface area contributed by atoms with Gasteiger partial charge in [-0.3, -0.25) is 14.7 Å². The molecule has 0 saturated carbocycles. The molecule has 0 aliphatic carbocycles. The zero-order chi connectivity index (χ0) is 17.4. The van der Waals surface area contributed by atoms with E-state index in [2.05, 4.69) is 20.7 Å². The molecule has 7 nitrogen and oxygen atoms in total. The second kappa shape index (κ2) is 6.33. The van der Waals surface area contributed by atoms with E-state index in [0.717, 1.165) is 22.5 Å². The van der Waals surface area contributed by atoms with Gasteiger partial charge in [-0.05, 0) is 12.1 Å². The minimum absolute atomic E-state index is 0.135. The molecule has 2 N–H and O–H groups in total. The van der Waals surface area contributed by atoms with Crippen molar-refractivity contribution in [1.82, 2.24) is 20.5 Å². The van der Waals surface area contributed by atoms with E-state index in [1.54, 1.807) is 4.90 Å². The van der Waals surface area contributed by atoms with Crippen LogP contribution < -0.4 is 5.43 Å². The van der Waals surface area contributed by atoms with Crippen molar-refractivity contribution >= 4 is 29.1 Å². The number of hydrogen-bond donors (Lipinski definition) is 2. The molecule has 0 bridgehead atoms. The average Bonchev–Trinajstić information content (AvgIpc) is 3.05. The number of aromatic nitrogens is 2. The van der Waals surface area contributed by atoms with Crippen LogP contribution in [0.3, 0.4) is 0 Å². The fourth-order valence-electron chi connectivity index (χ4n) is 3.15. The van der Waals surface area contributed by atoms with Crippen molar-refractivity contribution in [3.63, 3.8) is 0 Å². The van der Waals surface area contributed by atoms with Crippen molar-refractivity contribution in [3.8, 4) is 11.3 Å². The van der Waals surface area contributed by atoms with E-state index in [1.165, 1.54) is 0 Å². The van der Waals surface area contributed by atoms with Crippen LogP contribution in [0.2, 0.25) is 5.02 Å². The molecule has 0 saturated heterocycles. The lowest BCUT2D eigenvalue weighted by Crippen LogP contribution is -2.42. The maximum atomic E-state index is 12.7. The van der Waals surface area contributed by atoms with Crippen LogP contribution >= 0.6 is 11.6 Å². The lowest BCUT2D eigenvalue weighted by molar-refractivity contribution is -0.125. The Hall–Kier alpha value is -2.67. The Kier molecular flexibility index (Phi) is 4.01. The molecule has 0 unspecified atom stereocenters. The molecular weight excluding hydrogens is 342 g/mol. The van der Waals surface area contributed by atoms with Gasteiger partial charge in [-0.25, -0.2) is 5.43 Å². The smallest absolute Gasteiger partial charge is 0.270 e. The van der Waals surface area contributed by atoms with Gasteiger partial charge in [-0.1, -0.05) is 23.7 Å². The highest BCUT2D eigenvalue weighted by Gasteiger charge is 2.29. The third kappa shape index (κ3) is 3.02. The molecule has 2 aliphatic rings. The second-order valence-corrected chi connectivity index (χ2v) is 6.55. The number of hydrogen-bond acceptors (Lipinski definition) is 4. The first-order valence-corrected chi connectivity index (χ1v) is 8.46. The van der Waals surface area contributed by atoms with Crippen molar-refractivity contribution in [1.29, 1.82) is 0 Å². The van der Waals surface area contributed by atoms with Gasteiger partial charge in [0, 0.05) is 47.7 Å². The van der Waals surface area contributed by atoms with Crippen LogP contribution in [0.15, 0.2) is 29.4 Å². The molecule has 0 spiro atoms. The van der Waals surface area contributed by atoms with Gasteiger partial charge in [0.05, 0.1) is 12.2 Å². The number of benzene rings is 1. The maximum absolute atomic E-state index is 12.7. The number of carbonyl (C=O) groups is 2. The molecule has 128 valence electrons. The number of rotatable bonds is 2. The number of halogens is 1. The Labute approximate surface area is 149 Å². The number of amides is 2. The normalized spacial score (nSPS) is 16.9. The van der Waals surface area contributed by atoms with E-state index in [-0.39, 0.29) is 11.8 Å². The molecule has 25 heavy (non-hydrogen) atoms. The number of aromatic amines is 1. The molecule has 2 aliphatic heterocycles. The maximum Gasteiger partial charge on any atom is 0.270 e. The van der Waals surface area contributed by atoms with Gasteiger partial charge in [-0.2, -0.15) is 10.2 Å². The summed E-state index contributed by atoms with van der Waals surface area (Å²) in [5.41, 5.74) is 6.55. The second-order valence-electron chi connectivity index (χ2n) is 6.11. The van der Waals surface area contributed by atoms with Crippen LogP contribution in [0.1, 0.15) is 24.1 Å². The van der Waals surface area contributed by atoms with Gasteiger partial charge in [0.15, 0.2) is 0 Å². The summed E-state index contributed by atoms with van der Waals surface area (Å²) in [7, 11) is 0. The van der Waals surface area contributed by atoms with E-state index < -0.39 is 0 Å². The number of fused-ring (bicyclic) bond motifs is 1. The van der Waals surface area contributed by atoms with Crippen molar-refractivity contribution < 1.29 is 9.59 Å². The van der Waals surface area contributed by atoms with Crippen LogP contribution in [0.4, 0.5) is 0 Å². The molecule has 0 radical (unpaired) electrons. The highest BCUT2D eigenvalue weighted by molar-refractivity contribution is 6.39. The van der Waals surface area contributed by atoms with Crippen LogP contribution in [-0.4, -0.2) is 39.2 Å². The lowest BCUT2D eigenvalue weighted by Gasteiger charge is -2.28. The minimum atomic E-state index is -0.157. The largest absolute Gasteiger partial charge is 0.333 e. The van der Waals surface area contributed by atoms with Crippen LogP contribution in [0.25, 0.3) is 11.3 Å². The van der Waals surface area contributed by atoms with Gasteiger partial charge >= 0.3 is 0 Å². The summed E-state index contributed by atoms with van der Waals surface area (Å²) < 4.78 is 0. The van der Waals surface area contributed by atoms with Crippen LogP contribution in [0.5, 0.6) is 0 Å². The molecule has 1 aromatic carbocycles. The zero-order valence-electron chi connectivity index (χ0n) is 13.4. The molecular formula is C17H16ClN5O2. The third-order valence-electron chi connectivity index (χ3n) is 4.47. The Morgan fingerprint density at radius 2 is 2.12 bits per heavy atom. The van der Waals surface area contributed by atoms with Gasteiger partial charge in [0.25, 0.3) is 5.91 Å². The van der Waals surface area contributed by atoms with Crippen molar-refractivity contribution in [3.05, 3.63) is 40.5 Å². The summed E-state index contributed by atoms with van der Waals surface area (Å²) >= 11 is 6.08. The van der Waals surface area contributed by atoms with Crippen molar-refractivity contribution in [2.24, 2.45) is 5.10 Å². The highest BCUT2D eigenvalue weighted by atomic mass is 35.5. The summed E-state index contributed by atoms with van der Waals surface area (Å²) in [6.45, 7) is 1.05. The number of H-pyrrole nitrogens is 1. The SMILES string of the molecule is O=C1CCC(C(=O)N2CCc3[nH]nc(-c4cccc(Cl)c4)c3C2)=NN1. The average molecular weight is 358 g/mol. The lowest BCUT2D eigenvalue weighted by atomic mass is 10.0. The standard InChI is InChI=1S/C17H16ClN5O2/c18-11-3-1-2-10(8-11)16-12-9-23(7-6-13(12)19-22-16)17(25)14-4-5-15(24)21-20-14/h1-3,8H,4-7,9H2,(H,19,22)(H,21,24). The number of hydrazone groups is 1. The number of carbonyl (C=O) groups excluding carboxylic acids is 2. The Morgan fingerprint density at radius 1 is 1.24 bits per heavy atom. The minimum Gasteiger partial charge on any atom is -0.333 e. The molecule has 4 rings (SSSR count).